The van der Waals surface area contributed by atoms with Crippen molar-refractivity contribution in [3.8, 4) is 0 Å². The van der Waals surface area contributed by atoms with Crippen molar-refractivity contribution >= 4 is 40.9 Å². The average molecular weight is 378 g/mol. The van der Waals surface area contributed by atoms with E-state index in [-0.39, 0.29) is 0 Å². The predicted molar refractivity (Wildman–Crippen MR) is 113 cm³/mol. The average Bonchev–Trinajstić information content (AvgIpc) is 3.35. The third kappa shape index (κ3) is 2.31. The summed E-state index contributed by atoms with van der Waals surface area (Å²) in [7, 11) is 0. The topological polar surface area (TPSA) is 4.93 Å². The molecule has 26 heavy (non-hydrogen) atoms. The maximum atomic E-state index is 5.69. The Morgan fingerprint density at radius 2 is 2.08 bits per heavy atom. The van der Waals surface area contributed by atoms with Crippen molar-refractivity contribution < 1.29 is 0 Å². The molecule has 5 rings (SSSR count). The van der Waals surface area contributed by atoms with Crippen LogP contribution in [0.1, 0.15) is 49.7 Å². The fourth-order valence-corrected chi connectivity index (χ4v) is 6.76. The molecule has 1 nitrogen and oxygen atoms in total. The van der Waals surface area contributed by atoms with Gasteiger partial charge in [0.1, 0.15) is 5.35 Å². The lowest BCUT2D eigenvalue weighted by Crippen LogP contribution is -2.30. The van der Waals surface area contributed by atoms with E-state index in [0.29, 0.717) is 11.8 Å². The Labute approximate surface area is 163 Å². The molecule has 0 N–H and O–H groups in total. The highest BCUT2D eigenvalue weighted by Crippen LogP contribution is 2.67. The molecule has 3 heteroatoms. The molecule has 0 radical (unpaired) electrons. The van der Waals surface area contributed by atoms with E-state index in [2.05, 4.69) is 54.1 Å². The van der Waals surface area contributed by atoms with E-state index in [1.54, 1.807) is 28.0 Å². The summed E-state index contributed by atoms with van der Waals surface area (Å²) in [6, 6.07) is 8.99. The van der Waals surface area contributed by atoms with E-state index in [4.69, 9.17) is 12.2 Å². The molecular weight excluding hydrogens is 354 g/mol. The van der Waals surface area contributed by atoms with Gasteiger partial charge in [-0.25, -0.2) is 0 Å². The largest absolute Gasteiger partial charge is 0.317 e. The molecule has 2 saturated carbocycles. The van der Waals surface area contributed by atoms with Crippen molar-refractivity contribution in [2.24, 2.45) is 11.8 Å². The molecule has 0 amide bonds. The molecule has 2 fully saturated rings. The van der Waals surface area contributed by atoms with Crippen LogP contribution in [-0.2, 0) is 6.54 Å². The normalized spacial score (nSPS) is 27.7. The van der Waals surface area contributed by atoms with Crippen LogP contribution in [0.3, 0.4) is 0 Å². The summed E-state index contributed by atoms with van der Waals surface area (Å²) < 4.78 is 4.60. The van der Waals surface area contributed by atoms with Gasteiger partial charge in [-0.2, -0.15) is 0 Å². The van der Waals surface area contributed by atoms with Gasteiger partial charge in [0.05, 0.1) is 4.53 Å². The van der Waals surface area contributed by atoms with Crippen molar-refractivity contribution in [2.45, 2.75) is 45.1 Å². The number of nitrogens with zero attached hydrogens (tertiary/aromatic N) is 1. The lowest BCUT2D eigenvalue weighted by atomic mass is 9.89. The molecule has 132 valence electrons. The molecule has 2 aromatic rings. The Hall–Kier alpha value is -1.67. The first kappa shape index (κ1) is 16.5. The summed E-state index contributed by atoms with van der Waals surface area (Å²) in [4.78, 5) is 0. The smallest absolute Gasteiger partial charge is 0.162 e. The molecule has 0 saturated heterocycles. The number of benzene rings is 1. The van der Waals surface area contributed by atoms with Gasteiger partial charge in [-0.1, -0.05) is 49.4 Å². The Bertz CT molecular complexity index is 1120. The van der Waals surface area contributed by atoms with E-state index in [1.165, 1.54) is 29.4 Å². The van der Waals surface area contributed by atoms with Crippen LogP contribution in [0, 0.1) is 15.8 Å². The van der Waals surface area contributed by atoms with E-state index in [1.807, 2.05) is 0 Å². The number of fused-ring (bicyclic) bond motifs is 3. The molecule has 0 aliphatic heterocycles. The van der Waals surface area contributed by atoms with Crippen LogP contribution in [0.5, 0.6) is 0 Å². The van der Waals surface area contributed by atoms with Gasteiger partial charge in [0, 0.05) is 6.54 Å². The van der Waals surface area contributed by atoms with Crippen LogP contribution in [0.2, 0.25) is 0 Å². The second-order valence-corrected chi connectivity index (χ2v) is 9.32. The third-order valence-corrected chi connectivity index (χ3v) is 7.78. The van der Waals surface area contributed by atoms with Crippen LogP contribution in [0.15, 0.2) is 36.4 Å². The molecule has 3 atom stereocenters. The minimum atomic E-state index is 0.655. The van der Waals surface area contributed by atoms with Crippen LogP contribution in [0.25, 0.3) is 17.4 Å². The molecular formula is C23H23NS2. The van der Waals surface area contributed by atoms with Crippen molar-refractivity contribution in [1.82, 2.24) is 4.57 Å². The van der Waals surface area contributed by atoms with Gasteiger partial charge in [0.25, 0.3) is 0 Å². The van der Waals surface area contributed by atoms with Gasteiger partial charge in [-0.3, -0.25) is 0 Å². The van der Waals surface area contributed by atoms with Gasteiger partial charge in [-0.15, -0.1) is 17.1 Å². The van der Waals surface area contributed by atoms with Crippen LogP contribution in [-0.4, -0.2) is 4.57 Å². The summed E-state index contributed by atoms with van der Waals surface area (Å²) >= 11 is 7.48. The number of hydrogen-bond acceptors (Lipinski definition) is 2. The number of hydrogen-bond donors (Lipinski definition) is 0. The highest BCUT2D eigenvalue weighted by molar-refractivity contribution is 7.73. The minimum absolute atomic E-state index is 0.655. The maximum absolute atomic E-state index is 5.69. The van der Waals surface area contributed by atoms with E-state index in [0.717, 1.165) is 28.2 Å². The summed E-state index contributed by atoms with van der Waals surface area (Å²) in [5.41, 5.74) is 9.52. The summed E-state index contributed by atoms with van der Waals surface area (Å²) in [5.74, 6) is 2.05. The van der Waals surface area contributed by atoms with Gasteiger partial charge >= 0.3 is 0 Å². The lowest BCUT2D eigenvalue weighted by molar-refractivity contribution is 0.661. The number of thiazole rings is 1. The highest BCUT2D eigenvalue weighted by Gasteiger charge is 2.57. The maximum Gasteiger partial charge on any atom is 0.162 e. The molecule has 3 aliphatic carbocycles. The van der Waals surface area contributed by atoms with Crippen molar-refractivity contribution in [1.29, 1.82) is 0 Å². The first-order valence-corrected chi connectivity index (χ1v) is 10.9. The van der Waals surface area contributed by atoms with Crippen molar-refractivity contribution in [3.05, 3.63) is 61.4 Å². The summed E-state index contributed by atoms with van der Waals surface area (Å²) in [5, 5.41) is 1.14. The van der Waals surface area contributed by atoms with Crippen LogP contribution < -0.4 is 9.88 Å². The number of rotatable bonds is 2. The Kier molecular flexibility index (Phi) is 3.93. The molecule has 2 unspecified atom stereocenters. The number of allylic oxidation sites excluding steroid dienone is 1. The Balaban J connectivity index is 1.74. The zero-order valence-electron chi connectivity index (χ0n) is 15.1. The summed E-state index contributed by atoms with van der Waals surface area (Å²) in [6.45, 7) is 7.16. The second-order valence-electron chi connectivity index (χ2n) is 7.68. The van der Waals surface area contributed by atoms with Gasteiger partial charge in [-0.05, 0) is 72.4 Å². The monoisotopic (exact) mass is 377 g/mol. The van der Waals surface area contributed by atoms with Crippen molar-refractivity contribution in [2.75, 3.05) is 0 Å². The predicted octanol–water partition coefficient (Wildman–Crippen LogP) is 5.02. The first-order chi connectivity index (χ1) is 12.7. The number of aromatic nitrogens is 1. The molecule has 1 heterocycles. The Morgan fingerprint density at radius 3 is 2.88 bits per heavy atom. The molecule has 3 aliphatic rings. The minimum Gasteiger partial charge on any atom is -0.317 e. The van der Waals surface area contributed by atoms with Gasteiger partial charge in [0.2, 0.25) is 0 Å². The standard InChI is InChI=1S/C23H23NS2/c1-3-12-24-18(4-2)22(26-23(24)25)17-11-7-9-15-13-14-8-5-6-10-16(14)20-19(15)21(17)20/h5-6,8,10,13,19-21H,2-3,7,9,11-12H2,1H3/b22-17+/t19?,20?,21-/m0/s1. The molecule has 1 aromatic carbocycles. The highest BCUT2D eigenvalue weighted by atomic mass is 32.1. The van der Waals surface area contributed by atoms with E-state index < -0.39 is 0 Å². The second kappa shape index (κ2) is 6.20. The van der Waals surface area contributed by atoms with Crippen molar-refractivity contribution in [3.63, 3.8) is 0 Å². The van der Waals surface area contributed by atoms with Gasteiger partial charge in [0.15, 0.2) is 3.95 Å². The van der Waals surface area contributed by atoms with E-state index >= 15 is 0 Å². The fourth-order valence-electron chi connectivity index (χ4n) is 5.21. The lowest BCUT2D eigenvalue weighted by Gasteiger charge is -2.16. The quantitative estimate of drug-likeness (QED) is 0.666. The van der Waals surface area contributed by atoms with Crippen LogP contribution >= 0.6 is 23.6 Å². The first-order valence-electron chi connectivity index (χ1n) is 9.66. The van der Waals surface area contributed by atoms with Gasteiger partial charge < -0.3 is 4.57 Å². The zero-order valence-corrected chi connectivity index (χ0v) is 16.8. The fraction of sp³-hybridized carbons (Fsp3) is 0.391. The van der Waals surface area contributed by atoms with Crippen LogP contribution in [0.4, 0.5) is 0 Å². The molecule has 1 aromatic heterocycles. The molecule has 0 spiro atoms. The SMILES string of the molecule is C=C=c1/c(=C2/CCCC3=Cc4ccccc4C4C3[C@H]24)sc(=S)n1CCC. The zero-order chi connectivity index (χ0) is 17.8. The summed E-state index contributed by atoms with van der Waals surface area (Å²) in [6.07, 6.45) is 7.24. The van der Waals surface area contributed by atoms with E-state index in [9.17, 15) is 0 Å². The Morgan fingerprint density at radius 1 is 1.23 bits per heavy atom. The molecule has 0 bridgehead atoms. The third-order valence-electron chi connectivity index (χ3n) is 6.26.